The Bertz CT molecular complexity index is 1510. The molecular weight excluding hydrogens is 426 g/mol. The van der Waals surface area contributed by atoms with E-state index in [4.69, 9.17) is 4.74 Å². The highest BCUT2D eigenvalue weighted by molar-refractivity contribution is 7.92. The number of rotatable bonds is 5. The molecule has 7 nitrogen and oxygen atoms in total. The predicted octanol–water partition coefficient (Wildman–Crippen LogP) is 4.12. The fourth-order valence-electron chi connectivity index (χ4n) is 3.74. The summed E-state index contributed by atoms with van der Waals surface area (Å²) in [6, 6.07) is 17.1. The molecule has 0 radical (unpaired) electrons. The van der Waals surface area contributed by atoms with Crippen LogP contribution in [-0.4, -0.2) is 25.1 Å². The van der Waals surface area contributed by atoms with Crippen molar-refractivity contribution in [3.8, 4) is 11.4 Å². The fraction of sp³-hybridized carbons (Fsp3) is 0.167. The van der Waals surface area contributed by atoms with E-state index in [9.17, 15) is 13.2 Å². The molecule has 1 heterocycles. The molecule has 4 rings (SSSR count). The predicted molar refractivity (Wildman–Crippen MR) is 125 cm³/mol. The van der Waals surface area contributed by atoms with Gasteiger partial charge < -0.3 is 4.74 Å². The van der Waals surface area contributed by atoms with Crippen LogP contribution in [-0.2, 0) is 10.0 Å². The molecule has 4 aromatic rings. The van der Waals surface area contributed by atoms with Crippen LogP contribution in [0.15, 0.2) is 70.4 Å². The monoisotopic (exact) mass is 449 g/mol. The van der Waals surface area contributed by atoms with Crippen LogP contribution in [0.3, 0.4) is 0 Å². The molecule has 0 bridgehead atoms. The highest BCUT2D eigenvalue weighted by Gasteiger charge is 2.19. The summed E-state index contributed by atoms with van der Waals surface area (Å²) in [6.07, 6.45) is 0. The van der Waals surface area contributed by atoms with Crippen LogP contribution >= 0.6 is 0 Å². The molecule has 164 valence electrons. The maximum absolute atomic E-state index is 13.1. The number of hydrogen-bond acceptors (Lipinski definition) is 5. The van der Waals surface area contributed by atoms with Crippen LogP contribution in [0.5, 0.6) is 5.75 Å². The van der Waals surface area contributed by atoms with E-state index in [1.165, 1.54) is 4.57 Å². The van der Waals surface area contributed by atoms with Gasteiger partial charge in [0.2, 0.25) is 0 Å². The standard InChI is InChI=1S/C24H23N3O4S/c1-15-13-23(16(2)12-22(15)31-4)32(29,30)26-18-8-7-9-19(14-18)27-17(3)25-21-11-6-5-10-20(21)24(27)28/h5-14,26H,1-4H3. The van der Waals surface area contributed by atoms with Gasteiger partial charge in [-0.05, 0) is 74.4 Å². The van der Waals surface area contributed by atoms with Crippen molar-refractivity contribution in [3.63, 3.8) is 0 Å². The molecule has 0 aliphatic heterocycles. The first-order valence-corrected chi connectivity index (χ1v) is 11.5. The largest absolute Gasteiger partial charge is 0.496 e. The van der Waals surface area contributed by atoms with Crippen molar-refractivity contribution in [2.75, 3.05) is 11.8 Å². The van der Waals surface area contributed by atoms with E-state index in [-0.39, 0.29) is 10.5 Å². The molecule has 8 heteroatoms. The molecule has 0 unspecified atom stereocenters. The van der Waals surface area contributed by atoms with Gasteiger partial charge in [0, 0.05) is 0 Å². The number of aromatic nitrogens is 2. The van der Waals surface area contributed by atoms with Gasteiger partial charge in [-0.3, -0.25) is 14.1 Å². The smallest absolute Gasteiger partial charge is 0.265 e. The van der Waals surface area contributed by atoms with Crippen LogP contribution in [0, 0.1) is 20.8 Å². The molecule has 0 aliphatic rings. The van der Waals surface area contributed by atoms with E-state index in [0.29, 0.717) is 39.4 Å². The number of sulfonamides is 1. The van der Waals surface area contributed by atoms with Gasteiger partial charge in [0.15, 0.2) is 0 Å². The Kier molecular flexibility index (Phi) is 5.48. The van der Waals surface area contributed by atoms with E-state index >= 15 is 0 Å². The fourth-order valence-corrected chi connectivity index (χ4v) is 5.10. The lowest BCUT2D eigenvalue weighted by Crippen LogP contribution is -2.22. The second kappa shape index (κ2) is 8.12. The number of ether oxygens (including phenoxy) is 1. The van der Waals surface area contributed by atoms with E-state index in [1.807, 2.05) is 6.07 Å². The van der Waals surface area contributed by atoms with Crippen molar-refractivity contribution in [2.24, 2.45) is 0 Å². The molecule has 0 saturated heterocycles. The first-order valence-electron chi connectivity index (χ1n) is 9.98. The van der Waals surface area contributed by atoms with Gasteiger partial charge in [-0.2, -0.15) is 0 Å². The molecule has 0 fully saturated rings. The number of anilines is 1. The SMILES string of the molecule is COc1cc(C)c(S(=O)(=O)Nc2cccc(-n3c(C)nc4ccccc4c3=O)c2)cc1C. The van der Waals surface area contributed by atoms with Crippen molar-refractivity contribution in [1.29, 1.82) is 0 Å². The second-order valence-electron chi connectivity index (χ2n) is 7.56. The van der Waals surface area contributed by atoms with E-state index in [0.717, 1.165) is 5.56 Å². The summed E-state index contributed by atoms with van der Waals surface area (Å²) in [5, 5.41) is 0.494. The third-order valence-corrected chi connectivity index (χ3v) is 6.81. The number of fused-ring (bicyclic) bond motifs is 1. The molecule has 0 amide bonds. The number of para-hydroxylation sites is 1. The van der Waals surface area contributed by atoms with E-state index in [2.05, 4.69) is 9.71 Å². The lowest BCUT2D eigenvalue weighted by molar-refractivity contribution is 0.411. The minimum atomic E-state index is -3.85. The Morgan fingerprint density at radius 3 is 2.44 bits per heavy atom. The average molecular weight is 450 g/mol. The van der Waals surface area contributed by atoms with Crippen molar-refractivity contribution in [3.05, 3.63) is 88.0 Å². The van der Waals surface area contributed by atoms with Gasteiger partial charge in [0.05, 0.1) is 34.3 Å². The average Bonchev–Trinajstić information content (AvgIpc) is 2.75. The molecule has 0 spiro atoms. The molecular formula is C24H23N3O4S. The van der Waals surface area contributed by atoms with Gasteiger partial charge in [0.25, 0.3) is 15.6 Å². The summed E-state index contributed by atoms with van der Waals surface area (Å²) in [7, 11) is -2.31. The van der Waals surface area contributed by atoms with Gasteiger partial charge in [-0.1, -0.05) is 18.2 Å². The number of nitrogens with zero attached hydrogens (tertiary/aromatic N) is 2. The quantitative estimate of drug-likeness (QED) is 0.495. The Morgan fingerprint density at radius 2 is 1.69 bits per heavy atom. The number of benzene rings is 3. The van der Waals surface area contributed by atoms with Crippen molar-refractivity contribution >= 4 is 26.6 Å². The number of methoxy groups -OCH3 is 1. The number of hydrogen-bond donors (Lipinski definition) is 1. The number of nitrogens with one attached hydrogen (secondary N) is 1. The molecule has 3 aromatic carbocycles. The third-order valence-electron chi connectivity index (χ3n) is 5.28. The van der Waals surface area contributed by atoms with Crippen LogP contribution < -0.4 is 15.0 Å². The summed E-state index contributed by atoms with van der Waals surface area (Å²) >= 11 is 0. The Balaban J connectivity index is 1.76. The molecule has 1 aromatic heterocycles. The van der Waals surface area contributed by atoms with Crippen LogP contribution in [0.25, 0.3) is 16.6 Å². The van der Waals surface area contributed by atoms with Crippen molar-refractivity contribution in [2.45, 2.75) is 25.7 Å². The summed E-state index contributed by atoms with van der Waals surface area (Å²) in [6.45, 7) is 5.25. The lowest BCUT2D eigenvalue weighted by atomic mass is 10.1. The van der Waals surface area contributed by atoms with Crippen molar-refractivity contribution < 1.29 is 13.2 Å². The first kappa shape index (κ1) is 21.6. The molecule has 0 saturated carbocycles. The highest BCUT2D eigenvalue weighted by Crippen LogP contribution is 2.27. The lowest BCUT2D eigenvalue weighted by Gasteiger charge is -2.15. The van der Waals surface area contributed by atoms with Gasteiger partial charge in [-0.25, -0.2) is 13.4 Å². The van der Waals surface area contributed by atoms with E-state index < -0.39 is 10.0 Å². The van der Waals surface area contributed by atoms with Crippen LogP contribution in [0.2, 0.25) is 0 Å². The van der Waals surface area contributed by atoms with E-state index in [1.54, 1.807) is 82.5 Å². The molecule has 1 N–H and O–H groups in total. The summed E-state index contributed by atoms with van der Waals surface area (Å²) in [5.41, 5.74) is 2.56. The zero-order chi connectivity index (χ0) is 23.0. The Labute approximate surface area is 186 Å². The van der Waals surface area contributed by atoms with Crippen LogP contribution in [0.4, 0.5) is 5.69 Å². The topological polar surface area (TPSA) is 90.3 Å². The van der Waals surface area contributed by atoms with Crippen molar-refractivity contribution in [1.82, 2.24) is 9.55 Å². The normalized spacial score (nSPS) is 11.5. The minimum absolute atomic E-state index is 0.168. The molecule has 0 atom stereocenters. The van der Waals surface area contributed by atoms with Gasteiger partial charge in [-0.15, -0.1) is 0 Å². The highest BCUT2D eigenvalue weighted by atomic mass is 32.2. The zero-order valence-electron chi connectivity index (χ0n) is 18.2. The van der Waals surface area contributed by atoms with Crippen LogP contribution in [0.1, 0.15) is 17.0 Å². The maximum Gasteiger partial charge on any atom is 0.265 e. The third kappa shape index (κ3) is 3.85. The number of aryl methyl sites for hydroxylation is 3. The van der Waals surface area contributed by atoms with Gasteiger partial charge >= 0.3 is 0 Å². The zero-order valence-corrected chi connectivity index (χ0v) is 19.0. The summed E-state index contributed by atoms with van der Waals surface area (Å²) < 4.78 is 35.6. The Morgan fingerprint density at radius 1 is 0.938 bits per heavy atom. The Hall–Kier alpha value is -3.65. The second-order valence-corrected chi connectivity index (χ2v) is 9.21. The molecule has 32 heavy (non-hydrogen) atoms. The molecule has 0 aliphatic carbocycles. The minimum Gasteiger partial charge on any atom is -0.496 e. The summed E-state index contributed by atoms with van der Waals surface area (Å²) in [4.78, 5) is 17.8. The maximum atomic E-state index is 13.1. The summed E-state index contributed by atoms with van der Waals surface area (Å²) in [5.74, 6) is 1.14. The van der Waals surface area contributed by atoms with Gasteiger partial charge in [0.1, 0.15) is 11.6 Å². The first-order chi connectivity index (χ1) is 15.2.